The zero-order valence-corrected chi connectivity index (χ0v) is 19.6. The highest BCUT2D eigenvalue weighted by molar-refractivity contribution is 7.89. The minimum Gasteiger partial charge on any atom is -0.379 e. The van der Waals surface area contributed by atoms with Crippen molar-refractivity contribution in [2.75, 3.05) is 31.6 Å². The zero-order chi connectivity index (χ0) is 23.5. The van der Waals surface area contributed by atoms with Gasteiger partial charge in [-0.2, -0.15) is 4.31 Å². The van der Waals surface area contributed by atoms with Crippen LogP contribution in [0.15, 0.2) is 46.2 Å². The third-order valence-electron chi connectivity index (χ3n) is 5.31. The fourth-order valence-electron chi connectivity index (χ4n) is 3.55. The number of ether oxygens (including phenoxy) is 1. The summed E-state index contributed by atoms with van der Waals surface area (Å²) in [6, 6.07) is 9.00. The molecule has 32 heavy (non-hydrogen) atoms. The summed E-state index contributed by atoms with van der Waals surface area (Å²) in [4.78, 5) is 12.9. The number of nitrogens with one attached hydrogen (secondary N) is 1. The average Bonchev–Trinajstić information content (AvgIpc) is 2.78. The van der Waals surface area contributed by atoms with Crippen molar-refractivity contribution < 1.29 is 26.4 Å². The molecule has 1 aliphatic rings. The molecule has 0 aromatic heterocycles. The molecule has 9 nitrogen and oxygen atoms in total. The largest absolute Gasteiger partial charge is 0.379 e. The molecule has 0 bridgehead atoms. The first kappa shape index (κ1) is 24.3. The molecule has 2 aromatic carbocycles. The van der Waals surface area contributed by atoms with Crippen LogP contribution in [0.3, 0.4) is 0 Å². The molecule has 1 fully saturated rings. The highest BCUT2D eigenvalue weighted by atomic mass is 32.2. The number of amides is 1. The lowest BCUT2D eigenvalue weighted by molar-refractivity contribution is 0.0730. The standard InChI is InChI=1S/C21H27N3O6S2/c1-3-15-7-8-18(14-19(15)31(22,26)27)23-21(25)17-6-5-16(4-2)20(13-17)32(28,29)24-9-11-30-12-10-24/h5-8,13-14H,3-4,9-12H2,1-2H3,(H,23,25)(H2,22,26,27). The third kappa shape index (κ3) is 5.18. The lowest BCUT2D eigenvalue weighted by Crippen LogP contribution is -2.41. The lowest BCUT2D eigenvalue weighted by atomic mass is 10.1. The second-order valence-electron chi connectivity index (χ2n) is 7.37. The van der Waals surface area contributed by atoms with Gasteiger partial charge in [0.05, 0.1) is 23.0 Å². The van der Waals surface area contributed by atoms with Crippen molar-refractivity contribution >= 4 is 31.6 Å². The first-order valence-electron chi connectivity index (χ1n) is 10.3. The minimum atomic E-state index is -3.96. The van der Waals surface area contributed by atoms with Crippen LogP contribution in [0.2, 0.25) is 0 Å². The van der Waals surface area contributed by atoms with Gasteiger partial charge in [0.2, 0.25) is 20.0 Å². The van der Waals surface area contributed by atoms with E-state index in [0.29, 0.717) is 37.2 Å². The zero-order valence-electron chi connectivity index (χ0n) is 18.0. The van der Waals surface area contributed by atoms with Crippen molar-refractivity contribution in [1.82, 2.24) is 4.31 Å². The highest BCUT2D eigenvalue weighted by Crippen LogP contribution is 2.25. The number of nitrogens with zero attached hydrogens (tertiary/aromatic N) is 1. The van der Waals surface area contributed by atoms with Crippen LogP contribution in [0.25, 0.3) is 0 Å². The maximum atomic E-state index is 13.2. The molecule has 11 heteroatoms. The van der Waals surface area contributed by atoms with E-state index >= 15 is 0 Å². The van der Waals surface area contributed by atoms with E-state index in [0.717, 1.165) is 0 Å². The van der Waals surface area contributed by atoms with Gasteiger partial charge < -0.3 is 10.1 Å². The number of morpholine rings is 1. The normalized spacial score (nSPS) is 15.5. The molecule has 0 spiro atoms. The molecule has 3 N–H and O–H groups in total. The van der Waals surface area contributed by atoms with E-state index in [-0.39, 0.29) is 34.1 Å². The lowest BCUT2D eigenvalue weighted by Gasteiger charge is -2.27. The summed E-state index contributed by atoms with van der Waals surface area (Å²) in [6.07, 6.45) is 0.943. The predicted molar refractivity (Wildman–Crippen MR) is 121 cm³/mol. The van der Waals surface area contributed by atoms with E-state index in [1.165, 1.54) is 16.4 Å². The fraction of sp³-hybridized carbons (Fsp3) is 0.381. The van der Waals surface area contributed by atoms with Crippen LogP contribution < -0.4 is 10.5 Å². The van der Waals surface area contributed by atoms with Crippen LogP contribution in [-0.4, -0.2) is 53.4 Å². The van der Waals surface area contributed by atoms with Crippen molar-refractivity contribution in [2.45, 2.75) is 36.5 Å². The van der Waals surface area contributed by atoms with Gasteiger partial charge in [-0.15, -0.1) is 0 Å². The molecule has 1 heterocycles. The van der Waals surface area contributed by atoms with Gasteiger partial charge in [-0.1, -0.05) is 26.0 Å². The van der Waals surface area contributed by atoms with Crippen LogP contribution in [0.1, 0.15) is 35.3 Å². The molecule has 3 rings (SSSR count). The fourth-order valence-corrected chi connectivity index (χ4v) is 6.14. The SMILES string of the molecule is CCc1ccc(NC(=O)c2ccc(CC)c(S(=O)(=O)N3CCOCC3)c2)cc1S(N)(=O)=O. The van der Waals surface area contributed by atoms with Crippen molar-refractivity contribution in [2.24, 2.45) is 5.14 Å². The number of benzene rings is 2. The summed E-state index contributed by atoms with van der Waals surface area (Å²) in [6.45, 7) is 4.79. The van der Waals surface area contributed by atoms with Crippen LogP contribution >= 0.6 is 0 Å². The molecule has 0 unspecified atom stereocenters. The quantitative estimate of drug-likeness (QED) is 0.618. The minimum absolute atomic E-state index is 0.0604. The molecule has 1 aliphatic heterocycles. The van der Waals surface area contributed by atoms with Crippen LogP contribution in [-0.2, 0) is 37.6 Å². The Morgan fingerprint density at radius 2 is 1.56 bits per heavy atom. The Balaban J connectivity index is 1.94. The van der Waals surface area contributed by atoms with Crippen molar-refractivity contribution in [3.05, 3.63) is 53.1 Å². The van der Waals surface area contributed by atoms with Gasteiger partial charge in [0.15, 0.2) is 0 Å². The number of aryl methyl sites for hydroxylation is 2. The second-order valence-corrected chi connectivity index (χ2v) is 10.8. The number of anilines is 1. The summed E-state index contributed by atoms with van der Waals surface area (Å²) < 4.78 is 56.7. The third-order valence-corrected chi connectivity index (χ3v) is 8.28. The topological polar surface area (TPSA) is 136 Å². The molecule has 0 radical (unpaired) electrons. The Kier molecular flexibility index (Phi) is 7.36. The maximum Gasteiger partial charge on any atom is 0.255 e. The van der Waals surface area contributed by atoms with E-state index in [4.69, 9.17) is 9.88 Å². The average molecular weight is 482 g/mol. The Morgan fingerprint density at radius 1 is 0.969 bits per heavy atom. The van der Waals surface area contributed by atoms with E-state index < -0.39 is 26.0 Å². The van der Waals surface area contributed by atoms with E-state index in [1.54, 1.807) is 31.2 Å². The van der Waals surface area contributed by atoms with Gasteiger partial charge in [0, 0.05) is 24.3 Å². The van der Waals surface area contributed by atoms with Gasteiger partial charge >= 0.3 is 0 Å². The Hall–Kier alpha value is -2.31. The van der Waals surface area contributed by atoms with Gasteiger partial charge in [-0.05, 0) is 48.2 Å². The number of hydrogen-bond donors (Lipinski definition) is 2. The van der Waals surface area contributed by atoms with E-state index in [9.17, 15) is 21.6 Å². The van der Waals surface area contributed by atoms with Gasteiger partial charge in [0.25, 0.3) is 5.91 Å². The number of carbonyl (C=O) groups is 1. The summed E-state index contributed by atoms with van der Waals surface area (Å²) in [5.74, 6) is -0.560. The molecular formula is C21H27N3O6S2. The van der Waals surface area contributed by atoms with Crippen molar-refractivity contribution in [3.8, 4) is 0 Å². The monoisotopic (exact) mass is 481 g/mol. The van der Waals surface area contributed by atoms with E-state index in [2.05, 4.69) is 5.32 Å². The smallest absolute Gasteiger partial charge is 0.255 e. The van der Waals surface area contributed by atoms with Crippen LogP contribution in [0, 0.1) is 0 Å². The molecule has 0 saturated carbocycles. The summed E-state index contributed by atoms with van der Waals surface area (Å²) >= 11 is 0. The van der Waals surface area contributed by atoms with Crippen LogP contribution in [0.5, 0.6) is 0 Å². The Bertz CT molecular complexity index is 1220. The second kappa shape index (κ2) is 9.67. The number of primary sulfonamides is 1. The molecule has 2 aromatic rings. The maximum absolute atomic E-state index is 13.2. The highest BCUT2D eigenvalue weighted by Gasteiger charge is 2.29. The number of rotatable bonds is 7. The van der Waals surface area contributed by atoms with E-state index in [1.807, 2.05) is 6.92 Å². The molecule has 0 aliphatic carbocycles. The first-order chi connectivity index (χ1) is 15.1. The molecule has 174 valence electrons. The van der Waals surface area contributed by atoms with Gasteiger partial charge in [-0.3, -0.25) is 4.79 Å². The molecular weight excluding hydrogens is 454 g/mol. The number of hydrogen-bond acceptors (Lipinski definition) is 6. The Labute approximate surface area is 188 Å². The first-order valence-corrected chi connectivity index (χ1v) is 13.2. The number of sulfonamides is 2. The number of nitrogens with two attached hydrogens (primary N) is 1. The van der Waals surface area contributed by atoms with Crippen molar-refractivity contribution in [1.29, 1.82) is 0 Å². The molecule has 1 amide bonds. The van der Waals surface area contributed by atoms with Gasteiger partial charge in [0.1, 0.15) is 0 Å². The molecule has 0 atom stereocenters. The van der Waals surface area contributed by atoms with Crippen molar-refractivity contribution in [3.63, 3.8) is 0 Å². The summed E-state index contributed by atoms with van der Waals surface area (Å²) in [5, 5.41) is 7.92. The number of carbonyl (C=O) groups excluding carboxylic acids is 1. The Morgan fingerprint density at radius 3 is 2.16 bits per heavy atom. The predicted octanol–water partition coefficient (Wildman–Crippen LogP) is 1.73. The van der Waals surface area contributed by atoms with Crippen LogP contribution in [0.4, 0.5) is 5.69 Å². The molecule has 1 saturated heterocycles. The van der Waals surface area contributed by atoms with Gasteiger partial charge in [-0.25, -0.2) is 22.0 Å². The summed E-state index contributed by atoms with van der Waals surface area (Å²) in [5.41, 5.74) is 1.53. The summed E-state index contributed by atoms with van der Waals surface area (Å²) in [7, 11) is -7.75.